The second-order valence-electron chi connectivity index (χ2n) is 5.50. The van der Waals surface area contributed by atoms with Crippen molar-refractivity contribution in [3.8, 4) is 5.75 Å². The third kappa shape index (κ3) is 4.31. The first-order chi connectivity index (χ1) is 11.2. The Labute approximate surface area is 138 Å². The minimum Gasteiger partial charge on any atom is -0.497 e. The van der Waals surface area contributed by atoms with Crippen LogP contribution in [0.2, 0.25) is 0 Å². The Kier molecular flexibility index (Phi) is 6.15. The standard InChI is InChI=1S/C19H24N2O2/c1-4-16(5-2)19(22)21(14-15-8-7-11-20-13-15)17-9-6-10-18(12-17)23-3/h6-13,16H,4-5,14H2,1-3H3. The van der Waals surface area contributed by atoms with Crippen LogP contribution in [0.4, 0.5) is 5.69 Å². The molecule has 0 aliphatic carbocycles. The molecule has 0 aliphatic rings. The van der Waals surface area contributed by atoms with Crippen LogP contribution in [0.15, 0.2) is 48.8 Å². The molecule has 122 valence electrons. The van der Waals surface area contributed by atoms with Gasteiger partial charge in [0.25, 0.3) is 0 Å². The van der Waals surface area contributed by atoms with E-state index in [2.05, 4.69) is 18.8 Å². The number of carbonyl (C=O) groups excluding carboxylic acids is 1. The summed E-state index contributed by atoms with van der Waals surface area (Å²) in [5, 5.41) is 0. The molecule has 0 fully saturated rings. The zero-order valence-electron chi connectivity index (χ0n) is 14.0. The minimum absolute atomic E-state index is 0.0258. The summed E-state index contributed by atoms with van der Waals surface area (Å²) in [5.41, 5.74) is 1.86. The van der Waals surface area contributed by atoms with E-state index < -0.39 is 0 Å². The fourth-order valence-corrected chi connectivity index (χ4v) is 2.61. The number of carbonyl (C=O) groups is 1. The van der Waals surface area contributed by atoms with Crippen molar-refractivity contribution in [3.63, 3.8) is 0 Å². The average Bonchev–Trinajstić information content (AvgIpc) is 2.61. The van der Waals surface area contributed by atoms with Crippen LogP contribution in [0, 0.1) is 5.92 Å². The molecule has 4 heteroatoms. The van der Waals surface area contributed by atoms with E-state index >= 15 is 0 Å². The molecule has 1 aromatic carbocycles. The normalized spacial score (nSPS) is 10.6. The lowest BCUT2D eigenvalue weighted by molar-refractivity contribution is -0.122. The molecule has 1 amide bonds. The van der Waals surface area contributed by atoms with Crippen molar-refractivity contribution < 1.29 is 9.53 Å². The number of methoxy groups -OCH3 is 1. The number of hydrogen-bond donors (Lipinski definition) is 0. The predicted octanol–water partition coefficient (Wildman–Crippen LogP) is 4.06. The van der Waals surface area contributed by atoms with E-state index in [9.17, 15) is 4.79 Å². The lowest BCUT2D eigenvalue weighted by Gasteiger charge is -2.27. The monoisotopic (exact) mass is 312 g/mol. The molecule has 1 aromatic heterocycles. The Balaban J connectivity index is 2.35. The Bertz CT molecular complexity index is 624. The summed E-state index contributed by atoms with van der Waals surface area (Å²) in [7, 11) is 1.63. The maximum atomic E-state index is 13.0. The molecule has 0 bridgehead atoms. The van der Waals surface area contributed by atoms with Crippen molar-refractivity contribution in [2.45, 2.75) is 33.2 Å². The fourth-order valence-electron chi connectivity index (χ4n) is 2.61. The van der Waals surface area contributed by atoms with Gasteiger partial charge in [0.2, 0.25) is 5.91 Å². The van der Waals surface area contributed by atoms with Gasteiger partial charge in [-0.25, -0.2) is 0 Å². The quantitative estimate of drug-likeness (QED) is 0.774. The highest BCUT2D eigenvalue weighted by atomic mass is 16.5. The van der Waals surface area contributed by atoms with Crippen molar-refractivity contribution in [2.24, 2.45) is 5.92 Å². The van der Waals surface area contributed by atoms with Crippen molar-refractivity contribution in [2.75, 3.05) is 12.0 Å². The molecule has 0 radical (unpaired) electrons. The molecule has 0 atom stereocenters. The molecular formula is C19H24N2O2. The lowest BCUT2D eigenvalue weighted by atomic mass is 10.0. The van der Waals surface area contributed by atoms with Gasteiger partial charge in [0.05, 0.1) is 13.7 Å². The summed E-state index contributed by atoms with van der Waals surface area (Å²) < 4.78 is 5.30. The first kappa shape index (κ1) is 17.0. The van der Waals surface area contributed by atoms with Gasteiger partial charge < -0.3 is 9.64 Å². The fraction of sp³-hybridized carbons (Fsp3) is 0.368. The van der Waals surface area contributed by atoms with E-state index in [1.165, 1.54) is 0 Å². The smallest absolute Gasteiger partial charge is 0.230 e. The molecule has 23 heavy (non-hydrogen) atoms. The minimum atomic E-state index is 0.0258. The lowest BCUT2D eigenvalue weighted by Crippen LogP contribution is -2.35. The summed E-state index contributed by atoms with van der Waals surface area (Å²) in [6, 6.07) is 11.5. The Morgan fingerprint density at radius 3 is 2.61 bits per heavy atom. The van der Waals surface area contributed by atoms with Crippen LogP contribution in [-0.4, -0.2) is 18.0 Å². The number of benzene rings is 1. The summed E-state index contributed by atoms with van der Waals surface area (Å²) >= 11 is 0. The highest BCUT2D eigenvalue weighted by Crippen LogP contribution is 2.25. The molecule has 2 rings (SSSR count). The number of anilines is 1. The summed E-state index contributed by atoms with van der Waals surface area (Å²) in [5.74, 6) is 0.918. The number of ether oxygens (including phenoxy) is 1. The summed E-state index contributed by atoms with van der Waals surface area (Å²) in [4.78, 5) is 19.0. The zero-order chi connectivity index (χ0) is 16.7. The van der Waals surface area contributed by atoms with Crippen molar-refractivity contribution >= 4 is 11.6 Å². The highest BCUT2D eigenvalue weighted by Gasteiger charge is 2.23. The van der Waals surface area contributed by atoms with Crippen LogP contribution in [0.25, 0.3) is 0 Å². The van der Waals surface area contributed by atoms with Gasteiger partial charge in [-0.1, -0.05) is 26.0 Å². The SMILES string of the molecule is CCC(CC)C(=O)N(Cc1cccnc1)c1cccc(OC)c1. The molecule has 4 nitrogen and oxygen atoms in total. The van der Waals surface area contributed by atoms with Crippen LogP contribution in [0.1, 0.15) is 32.3 Å². The number of amides is 1. The van der Waals surface area contributed by atoms with Gasteiger partial charge in [0.15, 0.2) is 0 Å². The second-order valence-corrected chi connectivity index (χ2v) is 5.50. The van der Waals surface area contributed by atoms with Crippen molar-refractivity contribution in [1.29, 1.82) is 0 Å². The first-order valence-corrected chi connectivity index (χ1v) is 8.03. The topological polar surface area (TPSA) is 42.4 Å². The van der Waals surface area contributed by atoms with E-state index in [0.29, 0.717) is 6.54 Å². The molecule has 0 N–H and O–H groups in total. The molecule has 1 heterocycles. The Hall–Kier alpha value is -2.36. The maximum Gasteiger partial charge on any atom is 0.230 e. The van der Waals surface area contributed by atoms with Crippen LogP contribution in [0.3, 0.4) is 0 Å². The van der Waals surface area contributed by atoms with Crippen molar-refractivity contribution in [1.82, 2.24) is 4.98 Å². The average molecular weight is 312 g/mol. The van der Waals surface area contributed by atoms with E-state index in [4.69, 9.17) is 4.74 Å². The van der Waals surface area contributed by atoms with E-state index in [-0.39, 0.29) is 11.8 Å². The van der Waals surface area contributed by atoms with Gasteiger partial charge in [-0.15, -0.1) is 0 Å². The molecular weight excluding hydrogens is 288 g/mol. The molecule has 2 aromatic rings. The van der Waals surface area contributed by atoms with Gasteiger partial charge >= 0.3 is 0 Å². The molecule has 0 unspecified atom stereocenters. The molecule has 0 spiro atoms. The van der Waals surface area contributed by atoms with Gasteiger partial charge in [-0.2, -0.15) is 0 Å². The number of pyridine rings is 1. The van der Waals surface area contributed by atoms with Crippen LogP contribution in [0.5, 0.6) is 5.75 Å². The number of nitrogens with zero attached hydrogens (tertiary/aromatic N) is 2. The molecule has 0 aliphatic heterocycles. The second kappa shape index (κ2) is 8.32. The number of rotatable bonds is 7. The largest absolute Gasteiger partial charge is 0.497 e. The Morgan fingerprint density at radius 2 is 2.00 bits per heavy atom. The van der Waals surface area contributed by atoms with Gasteiger partial charge in [-0.3, -0.25) is 9.78 Å². The van der Waals surface area contributed by atoms with E-state index in [1.807, 2.05) is 41.3 Å². The third-order valence-electron chi connectivity index (χ3n) is 4.03. The molecule has 0 saturated heterocycles. The third-order valence-corrected chi connectivity index (χ3v) is 4.03. The van der Waals surface area contributed by atoms with Crippen molar-refractivity contribution in [3.05, 3.63) is 54.4 Å². The van der Waals surface area contributed by atoms with Gasteiger partial charge in [-0.05, 0) is 36.6 Å². The molecule has 0 saturated carbocycles. The van der Waals surface area contributed by atoms with E-state index in [1.54, 1.807) is 19.5 Å². The summed E-state index contributed by atoms with van der Waals surface area (Å²) in [6.45, 7) is 4.62. The maximum absolute atomic E-state index is 13.0. The van der Waals surface area contributed by atoms with Crippen LogP contribution in [-0.2, 0) is 11.3 Å². The van der Waals surface area contributed by atoms with Crippen LogP contribution >= 0.6 is 0 Å². The number of hydrogen-bond acceptors (Lipinski definition) is 3. The van der Waals surface area contributed by atoms with Crippen LogP contribution < -0.4 is 9.64 Å². The first-order valence-electron chi connectivity index (χ1n) is 8.03. The van der Waals surface area contributed by atoms with E-state index in [0.717, 1.165) is 29.8 Å². The predicted molar refractivity (Wildman–Crippen MR) is 92.5 cm³/mol. The number of aromatic nitrogens is 1. The highest BCUT2D eigenvalue weighted by molar-refractivity contribution is 5.95. The zero-order valence-corrected chi connectivity index (χ0v) is 14.0. The van der Waals surface area contributed by atoms with Gasteiger partial charge in [0.1, 0.15) is 5.75 Å². The Morgan fingerprint density at radius 1 is 1.22 bits per heavy atom. The summed E-state index contributed by atoms with van der Waals surface area (Å²) in [6.07, 6.45) is 5.21. The van der Waals surface area contributed by atoms with Gasteiger partial charge in [0, 0.05) is 30.1 Å².